The van der Waals surface area contributed by atoms with Gasteiger partial charge in [-0.05, 0) is 16.0 Å². The summed E-state index contributed by atoms with van der Waals surface area (Å²) in [5.41, 5.74) is 0. The Morgan fingerprint density at radius 2 is 1.23 bits per heavy atom. The standard InChI is InChI=1S/C10H22Cl2Si/c1-8(2)10(6,7)13(11,12)9(3,4)5/h8H,1-7H3. The van der Waals surface area contributed by atoms with Crippen LogP contribution in [0.5, 0.6) is 0 Å². The van der Waals surface area contributed by atoms with Crippen LogP contribution in [0.15, 0.2) is 0 Å². The normalized spacial score (nSPS) is 15.2. The Hall–Kier alpha value is 0.797. The highest BCUT2D eigenvalue weighted by Crippen LogP contribution is 2.59. The predicted octanol–water partition coefficient (Wildman–Crippen LogP) is 5.14. The minimum absolute atomic E-state index is 0.0316. The van der Waals surface area contributed by atoms with E-state index in [0.29, 0.717) is 5.92 Å². The van der Waals surface area contributed by atoms with Gasteiger partial charge in [-0.25, -0.2) is 0 Å². The lowest BCUT2D eigenvalue weighted by Crippen LogP contribution is -2.45. The van der Waals surface area contributed by atoms with Crippen LogP contribution < -0.4 is 0 Å². The molecule has 0 amide bonds. The molecular formula is C10H22Cl2Si. The van der Waals surface area contributed by atoms with Gasteiger partial charge in [0.05, 0.1) is 0 Å². The summed E-state index contributed by atoms with van der Waals surface area (Å²) in [7, 11) is 0. The summed E-state index contributed by atoms with van der Waals surface area (Å²) < 4.78 is 0. The maximum Gasteiger partial charge on any atom is 0.262 e. The molecule has 0 aliphatic heterocycles. The smallest absolute Gasteiger partial charge is 0.145 e. The first-order valence-corrected chi connectivity index (χ1v) is 8.85. The van der Waals surface area contributed by atoms with Crippen molar-refractivity contribution in [1.29, 1.82) is 0 Å². The molecule has 0 radical (unpaired) electrons. The van der Waals surface area contributed by atoms with E-state index in [0.717, 1.165) is 0 Å². The van der Waals surface area contributed by atoms with Crippen molar-refractivity contribution in [3.8, 4) is 0 Å². The summed E-state index contributed by atoms with van der Waals surface area (Å²) in [5, 5.41) is 0.0816. The zero-order chi connectivity index (χ0) is 11.1. The van der Waals surface area contributed by atoms with Crippen LogP contribution in [0.3, 0.4) is 0 Å². The molecule has 0 saturated heterocycles. The molecule has 0 aromatic heterocycles. The molecule has 13 heavy (non-hydrogen) atoms. The van der Waals surface area contributed by atoms with E-state index in [1.165, 1.54) is 0 Å². The number of hydrogen-bond acceptors (Lipinski definition) is 0. The molecule has 0 aliphatic rings. The van der Waals surface area contributed by atoms with Crippen molar-refractivity contribution >= 4 is 28.9 Å². The Morgan fingerprint density at radius 3 is 1.31 bits per heavy atom. The molecule has 0 aliphatic carbocycles. The summed E-state index contributed by atoms with van der Waals surface area (Å²) in [4.78, 5) is 0. The monoisotopic (exact) mass is 240 g/mol. The molecule has 0 unspecified atom stereocenters. The number of hydrogen-bond donors (Lipinski definition) is 0. The van der Waals surface area contributed by atoms with Crippen molar-refractivity contribution in [2.45, 2.75) is 58.5 Å². The highest BCUT2D eigenvalue weighted by molar-refractivity contribution is 7.47. The molecular weight excluding hydrogens is 219 g/mol. The van der Waals surface area contributed by atoms with Gasteiger partial charge < -0.3 is 0 Å². The van der Waals surface area contributed by atoms with Crippen molar-refractivity contribution in [2.24, 2.45) is 5.92 Å². The van der Waals surface area contributed by atoms with E-state index in [4.69, 9.17) is 22.2 Å². The fourth-order valence-electron chi connectivity index (χ4n) is 1.33. The lowest BCUT2D eigenvalue weighted by molar-refractivity contribution is 0.452. The summed E-state index contributed by atoms with van der Waals surface area (Å²) in [5.74, 6) is 0.522. The van der Waals surface area contributed by atoms with Crippen LogP contribution in [0.4, 0.5) is 0 Å². The molecule has 0 N–H and O–H groups in total. The zero-order valence-corrected chi connectivity index (χ0v) is 12.3. The van der Waals surface area contributed by atoms with Crippen molar-refractivity contribution in [3.05, 3.63) is 0 Å². The highest BCUT2D eigenvalue weighted by atomic mass is 35.7. The van der Waals surface area contributed by atoms with Gasteiger partial charge in [0.2, 0.25) is 0 Å². The van der Waals surface area contributed by atoms with E-state index >= 15 is 0 Å². The molecule has 0 aromatic carbocycles. The Bertz CT molecular complexity index is 178. The minimum Gasteiger partial charge on any atom is -0.145 e. The van der Waals surface area contributed by atoms with Crippen molar-refractivity contribution in [3.63, 3.8) is 0 Å². The van der Waals surface area contributed by atoms with Crippen LogP contribution in [0, 0.1) is 5.92 Å². The molecule has 0 saturated carbocycles. The SMILES string of the molecule is CC(C)C(C)(C)[Si](Cl)(Cl)C(C)(C)C. The van der Waals surface area contributed by atoms with Gasteiger partial charge in [-0.2, -0.15) is 0 Å². The molecule has 80 valence electrons. The molecule has 0 spiro atoms. The molecule has 0 atom stereocenters. The Morgan fingerprint density at radius 1 is 0.923 bits per heavy atom. The fraction of sp³-hybridized carbons (Fsp3) is 1.00. The van der Waals surface area contributed by atoms with Crippen LogP contribution in [-0.4, -0.2) is 6.69 Å². The van der Waals surface area contributed by atoms with E-state index in [-0.39, 0.29) is 10.1 Å². The second kappa shape index (κ2) is 3.75. The lowest BCUT2D eigenvalue weighted by atomic mass is 9.99. The average molecular weight is 241 g/mol. The van der Waals surface area contributed by atoms with Crippen molar-refractivity contribution < 1.29 is 0 Å². The van der Waals surface area contributed by atoms with E-state index in [2.05, 4.69) is 48.5 Å². The van der Waals surface area contributed by atoms with Gasteiger partial charge in [0.1, 0.15) is 0 Å². The quantitative estimate of drug-likeness (QED) is 0.463. The fourth-order valence-corrected chi connectivity index (χ4v) is 5.30. The maximum atomic E-state index is 6.60. The van der Waals surface area contributed by atoms with E-state index in [1.807, 2.05) is 0 Å². The second-order valence-electron chi connectivity index (χ2n) is 5.70. The third-order valence-electron chi connectivity index (χ3n) is 3.19. The lowest BCUT2D eigenvalue weighted by Gasteiger charge is -2.46. The van der Waals surface area contributed by atoms with Gasteiger partial charge in [-0.1, -0.05) is 48.5 Å². The third-order valence-corrected chi connectivity index (χ3v) is 13.6. The van der Waals surface area contributed by atoms with Crippen LogP contribution in [0.2, 0.25) is 10.1 Å². The molecule has 0 rings (SSSR count). The van der Waals surface area contributed by atoms with Gasteiger partial charge in [0.15, 0.2) is 0 Å². The minimum atomic E-state index is -2.25. The molecule has 0 bridgehead atoms. The largest absolute Gasteiger partial charge is 0.262 e. The molecule has 0 heterocycles. The zero-order valence-electron chi connectivity index (χ0n) is 9.83. The molecule has 0 aromatic rings. The molecule has 3 heteroatoms. The first-order valence-electron chi connectivity index (χ1n) is 4.82. The summed E-state index contributed by atoms with van der Waals surface area (Å²) in [6, 6.07) is 0. The first-order chi connectivity index (χ1) is 5.44. The predicted molar refractivity (Wildman–Crippen MR) is 66.1 cm³/mol. The van der Waals surface area contributed by atoms with Gasteiger partial charge in [0.25, 0.3) is 6.69 Å². The van der Waals surface area contributed by atoms with Crippen molar-refractivity contribution in [1.82, 2.24) is 0 Å². The molecule has 0 fully saturated rings. The topological polar surface area (TPSA) is 0 Å². The van der Waals surface area contributed by atoms with Crippen LogP contribution in [-0.2, 0) is 0 Å². The Balaban J connectivity index is 5.04. The van der Waals surface area contributed by atoms with Gasteiger partial charge in [-0.15, -0.1) is 22.2 Å². The number of rotatable bonds is 2. The van der Waals surface area contributed by atoms with Crippen LogP contribution >= 0.6 is 22.2 Å². The highest BCUT2D eigenvalue weighted by Gasteiger charge is 2.54. The summed E-state index contributed by atoms with van der Waals surface area (Å²) >= 11 is 13.2. The van der Waals surface area contributed by atoms with E-state index < -0.39 is 6.69 Å². The third kappa shape index (κ3) is 2.43. The van der Waals surface area contributed by atoms with Gasteiger partial charge in [-0.3, -0.25) is 0 Å². The Labute approximate surface area is 93.4 Å². The second-order valence-corrected chi connectivity index (χ2v) is 13.6. The molecule has 0 nitrogen and oxygen atoms in total. The van der Waals surface area contributed by atoms with E-state index in [9.17, 15) is 0 Å². The van der Waals surface area contributed by atoms with Crippen LogP contribution in [0.25, 0.3) is 0 Å². The summed E-state index contributed by atoms with van der Waals surface area (Å²) in [6.07, 6.45) is 0. The first kappa shape index (κ1) is 13.8. The van der Waals surface area contributed by atoms with Gasteiger partial charge >= 0.3 is 0 Å². The van der Waals surface area contributed by atoms with Crippen LogP contribution in [0.1, 0.15) is 48.5 Å². The van der Waals surface area contributed by atoms with Gasteiger partial charge in [0, 0.05) is 0 Å². The number of halogens is 2. The summed E-state index contributed by atoms with van der Waals surface area (Å²) in [6.45, 7) is 12.9. The van der Waals surface area contributed by atoms with E-state index in [1.54, 1.807) is 0 Å². The van der Waals surface area contributed by atoms with Crippen molar-refractivity contribution in [2.75, 3.05) is 0 Å². The Kier molecular flexibility index (Phi) is 3.98. The average Bonchev–Trinajstić information content (AvgIpc) is 1.84. The maximum absolute atomic E-state index is 6.60.